The zero-order chi connectivity index (χ0) is 13.5. The van der Waals surface area contributed by atoms with E-state index in [1.54, 1.807) is 0 Å². The Labute approximate surface area is 125 Å². The molecule has 3 saturated heterocycles. The Hall–Kier alpha value is -0.490. The van der Waals surface area contributed by atoms with Crippen molar-refractivity contribution >= 4 is 11.3 Å². The first-order chi connectivity index (χ1) is 9.85. The van der Waals surface area contributed by atoms with Crippen molar-refractivity contribution in [2.75, 3.05) is 39.3 Å². The minimum absolute atomic E-state index is 0.565. The highest BCUT2D eigenvalue weighted by Gasteiger charge is 2.37. The second kappa shape index (κ2) is 5.37. The Morgan fingerprint density at radius 2 is 2.05 bits per heavy atom. The van der Waals surface area contributed by atoms with Crippen LogP contribution in [-0.4, -0.2) is 54.1 Å². The molecule has 1 saturated carbocycles. The molecule has 1 unspecified atom stereocenters. The Morgan fingerprint density at radius 3 is 2.65 bits per heavy atom. The molecule has 110 valence electrons. The molecule has 1 aromatic rings. The van der Waals surface area contributed by atoms with Gasteiger partial charge in [0.25, 0.3) is 0 Å². The Balaban J connectivity index is 1.58. The predicted molar refractivity (Wildman–Crippen MR) is 82.2 cm³/mol. The summed E-state index contributed by atoms with van der Waals surface area (Å²) in [6.45, 7) is 10.4. The van der Waals surface area contributed by atoms with Crippen LogP contribution in [0.3, 0.4) is 0 Å². The second-order valence-corrected chi connectivity index (χ2v) is 7.38. The van der Waals surface area contributed by atoms with Crippen LogP contribution in [0, 0.1) is 0 Å². The van der Waals surface area contributed by atoms with Crippen molar-refractivity contribution in [3.63, 3.8) is 0 Å². The van der Waals surface area contributed by atoms with Crippen LogP contribution in [0.2, 0.25) is 0 Å². The maximum Gasteiger partial charge on any atom is 0.112 e. The molecule has 1 aromatic heterocycles. The van der Waals surface area contributed by atoms with Gasteiger partial charge in [0, 0.05) is 50.1 Å². The Bertz CT molecular complexity index is 474. The molecule has 0 amide bonds. The Kier molecular flexibility index (Phi) is 3.54. The fraction of sp³-hybridized carbons (Fsp3) is 0.800. The lowest BCUT2D eigenvalue weighted by Crippen LogP contribution is -2.56. The molecule has 20 heavy (non-hydrogen) atoms. The van der Waals surface area contributed by atoms with Gasteiger partial charge in [-0.25, -0.2) is 4.98 Å². The quantitative estimate of drug-likeness (QED) is 0.897. The van der Waals surface area contributed by atoms with Gasteiger partial charge in [-0.1, -0.05) is 6.92 Å². The minimum atomic E-state index is 0.565. The molecule has 5 rings (SSSR count). The number of hydrogen-bond acceptors (Lipinski definition) is 5. The van der Waals surface area contributed by atoms with Crippen molar-refractivity contribution in [1.29, 1.82) is 0 Å². The van der Waals surface area contributed by atoms with E-state index >= 15 is 0 Å². The minimum Gasteiger partial charge on any atom is -0.312 e. The van der Waals surface area contributed by atoms with Gasteiger partial charge >= 0.3 is 0 Å². The van der Waals surface area contributed by atoms with Gasteiger partial charge in [-0.3, -0.25) is 9.80 Å². The maximum atomic E-state index is 5.08. The number of rotatable bonds is 5. The van der Waals surface area contributed by atoms with Gasteiger partial charge in [0.2, 0.25) is 0 Å². The summed E-state index contributed by atoms with van der Waals surface area (Å²) in [5.74, 6) is 0.768. The average molecular weight is 292 g/mol. The molecule has 1 N–H and O–H groups in total. The molecular formula is C15H24N4S. The van der Waals surface area contributed by atoms with Crippen LogP contribution >= 0.6 is 11.3 Å². The van der Waals surface area contributed by atoms with Gasteiger partial charge < -0.3 is 5.32 Å². The third kappa shape index (κ3) is 2.41. The topological polar surface area (TPSA) is 31.4 Å². The predicted octanol–water partition coefficient (Wildman–Crippen LogP) is 1.80. The molecule has 4 nitrogen and oxygen atoms in total. The first-order valence-electron chi connectivity index (χ1n) is 8.01. The monoisotopic (exact) mass is 292 g/mol. The summed E-state index contributed by atoms with van der Waals surface area (Å²) >= 11 is 1.97. The van der Waals surface area contributed by atoms with Gasteiger partial charge in [-0.15, -0.1) is 11.3 Å². The molecule has 0 aromatic carbocycles. The van der Waals surface area contributed by atoms with Crippen molar-refractivity contribution in [2.45, 2.75) is 38.3 Å². The number of aromatic nitrogens is 1. The van der Waals surface area contributed by atoms with Gasteiger partial charge in [0.15, 0.2) is 0 Å². The van der Waals surface area contributed by atoms with Crippen LogP contribution in [0.25, 0.3) is 0 Å². The first kappa shape index (κ1) is 13.2. The molecule has 4 fully saturated rings. The lowest BCUT2D eigenvalue weighted by atomic mass is 10.1. The van der Waals surface area contributed by atoms with Crippen molar-refractivity contribution in [1.82, 2.24) is 20.1 Å². The number of nitrogens with zero attached hydrogens (tertiary/aromatic N) is 3. The lowest BCUT2D eigenvalue weighted by molar-refractivity contribution is 0.0122. The summed E-state index contributed by atoms with van der Waals surface area (Å²) < 4.78 is 0. The number of fused-ring (bicyclic) bond motifs is 3. The third-order valence-corrected chi connectivity index (χ3v) is 5.98. The molecule has 2 bridgehead atoms. The van der Waals surface area contributed by atoms with Crippen molar-refractivity contribution in [3.05, 3.63) is 15.6 Å². The van der Waals surface area contributed by atoms with Crippen LogP contribution in [0.1, 0.15) is 47.3 Å². The van der Waals surface area contributed by atoms with E-state index in [9.17, 15) is 0 Å². The lowest BCUT2D eigenvalue weighted by Gasteiger charge is -2.46. The summed E-state index contributed by atoms with van der Waals surface area (Å²) in [7, 11) is 0. The van der Waals surface area contributed by atoms with Crippen molar-refractivity contribution in [2.24, 2.45) is 0 Å². The standard InChI is InChI=1S/C15H24N4S/c1-2-16-9-13-14(11-3-4-11)17-15(20-13)12-10-18-5-7-19(12)8-6-18/h11-12,16H,2-10H2,1H3. The highest BCUT2D eigenvalue weighted by molar-refractivity contribution is 7.11. The van der Waals surface area contributed by atoms with Crippen LogP contribution in [-0.2, 0) is 6.54 Å². The maximum absolute atomic E-state index is 5.08. The van der Waals surface area contributed by atoms with E-state index < -0.39 is 0 Å². The molecule has 4 heterocycles. The fourth-order valence-corrected chi connectivity index (χ4v) is 4.66. The fourth-order valence-electron chi connectivity index (χ4n) is 3.42. The van der Waals surface area contributed by atoms with Gasteiger partial charge in [-0.05, 0) is 19.4 Å². The van der Waals surface area contributed by atoms with Crippen molar-refractivity contribution < 1.29 is 0 Å². The number of hydrogen-bond donors (Lipinski definition) is 1. The smallest absolute Gasteiger partial charge is 0.112 e. The molecule has 1 aliphatic carbocycles. The summed E-state index contributed by atoms with van der Waals surface area (Å²) in [6.07, 6.45) is 2.70. The zero-order valence-electron chi connectivity index (χ0n) is 12.3. The van der Waals surface area contributed by atoms with E-state index in [0.29, 0.717) is 6.04 Å². The van der Waals surface area contributed by atoms with E-state index in [2.05, 4.69) is 22.0 Å². The van der Waals surface area contributed by atoms with Crippen LogP contribution in [0.15, 0.2) is 0 Å². The summed E-state index contributed by atoms with van der Waals surface area (Å²) in [5, 5.41) is 4.86. The highest BCUT2D eigenvalue weighted by Crippen LogP contribution is 2.44. The van der Waals surface area contributed by atoms with E-state index in [1.807, 2.05) is 11.3 Å². The van der Waals surface area contributed by atoms with Crippen LogP contribution in [0.4, 0.5) is 0 Å². The van der Waals surface area contributed by atoms with E-state index in [1.165, 1.54) is 61.1 Å². The van der Waals surface area contributed by atoms with Gasteiger partial charge in [-0.2, -0.15) is 0 Å². The molecule has 0 radical (unpaired) electrons. The van der Waals surface area contributed by atoms with Crippen LogP contribution in [0.5, 0.6) is 0 Å². The molecule has 4 aliphatic rings. The number of thiazole rings is 1. The molecule has 0 spiro atoms. The van der Waals surface area contributed by atoms with E-state index in [4.69, 9.17) is 4.98 Å². The molecular weight excluding hydrogens is 268 g/mol. The average Bonchev–Trinajstić information content (AvgIpc) is 3.26. The largest absolute Gasteiger partial charge is 0.312 e. The highest BCUT2D eigenvalue weighted by atomic mass is 32.1. The summed E-state index contributed by atoms with van der Waals surface area (Å²) in [4.78, 5) is 11.8. The molecule has 3 aliphatic heterocycles. The van der Waals surface area contributed by atoms with Crippen molar-refractivity contribution in [3.8, 4) is 0 Å². The summed E-state index contributed by atoms with van der Waals surface area (Å²) in [5.41, 5.74) is 1.42. The van der Waals surface area contributed by atoms with E-state index in [-0.39, 0.29) is 0 Å². The summed E-state index contributed by atoms with van der Waals surface area (Å²) in [6, 6.07) is 0.565. The van der Waals surface area contributed by atoms with Crippen LogP contribution < -0.4 is 5.32 Å². The molecule has 1 atom stereocenters. The third-order valence-electron chi connectivity index (χ3n) is 4.81. The first-order valence-corrected chi connectivity index (χ1v) is 8.83. The normalized spacial score (nSPS) is 32.8. The van der Waals surface area contributed by atoms with E-state index in [0.717, 1.165) is 19.0 Å². The number of nitrogens with one attached hydrogen (secondary N) is 1. The van der Waals surface area contributed by atoms with Gasteiger partial charge in [0.1, 0.15) is 5.01 Å². The number of piperazine rings is 3. The second-order valence-electron chi connectivity index (χ2n) is 6.27. The molecule has 5 heteroatoms. The Morgan fingerprint density at radius 1 is 1.25 bits per heavy atom. The zero-order valence-corrected chi connectivity index (χ0v) is 13.1. The SMILES string of the molecule is CCNCc1sc(C2CN3CCN2CC3)nc1C1CC1. The van der Waals surface area contributed by atoms with Gasteiger partial charge in [0.05, 0.1) is 11.7 Å².